The van der Waals surface area contributed by atoms with Crippen LogP contribution in [0.3, 0.4) is 0 Å². The number of hydrogen-bond donors (Lipinski definition) is 2. The number of carboxylic acid groups (broad SMARTS) is 1. The number of amides is 1. The molecular formula is C28H23FN6O4. The van der Waals surface area contributed by atoms with Gasteiger partial charge in [-0.2, -0.15) is 9.78 Å². The molecule has 11 heteroatoms. The molecule has 3 aromatic heterocycles. The summed E-state index contributed by atoms with van der Waals surface area (Å²) in [5.74, 6) is -1.64. The van der Waals surface area contributed by atoms with Crippen molar-refractivity contribution in [3.05, 3.63) is 96.3 Å². The summed E-state index contributed by atoms with van der Waals surface area (Å²) in [6.07, 6.45) is 4.81. The van der Waals surface area contributed by atoms with Gasteiger partial charge in [-0.3, -0.25) is 4.98 Å². The minimum absolute atomic E-state index is 0.0190. The van der Waals surface area contributed by atoms with E-state index in [1.54, 1.807) is 42.7 Å². The highest BCUT2D eigenvalue weighted by Crippen LogP contribution is 2.28. The van der Waals surface area contributed by atoms with Crippen LogP contribution in [0.1, 0.15) is 16.1 Å². The average molecular weight is 527 g/mol. The lowest BCUT2D eigenvalue weighted by Crippen LogP contribution is -2.21. The SMILES string of the molecule is CN(C)Cc1cncc(-c2ccc3c(c2)c(C(=O)O)nn3C(=O)Nc2ccc(Oc3ccccc3F)nc2)c1. The van der Waals surface area contributed by atoms with E-state index in [1.165, 1.54) is 30.5 Å². The number of nitrogens with zero attached hydrogens (tertiary/aromatic N) is 5. The number of carboxylic acids is 1. The fraction of sp³-hybridized carbons (Fsp3) is 0.107. The molecule has 39 heavy (non-hydrogen) atoms. The number of anilines is 1. The van der Waals surface area contributed by atoms with E-state index in [4.69, 9.17) is 4.74 Å². The Morgan fingerprint density at radius 3 is 2.56 bits per heavy atom. The molecule has 196 valence electrons. The Bertz CT molecular complexity index is 1680. The van der Waals surface area contributed by atoms with Gasteiger partial charge in [0, 0.05) is 36.0 Å². The van der Waals surface area contributed by atoms with Gasteiger partial charge in [0.1, 0.15) is 0 Å². The molecule has 0 aliphatic carbocycles. The lowest BCUT2D eigenvalue weighted by molar-refractivity contribution is 0.0692. The summed E-state index contributed by atoms with van der Waals surface area (Å²) >= 11 is 0. The van der Waals surface area contributed by atoms with Gasteiger partial charge in [-0.25, -0.2) is 19.0 Å². The van der Waals surface area contributed by atoms with E-state index >= 15 is 0 Å². The number of aromatic nitrogens is 4. The number of halogens is 1. The third kappa shape index (κ3) is 5.58. The third-order valence-corrected chi connectivity index (χ3v) is 5.74. The van der Waals surface area contributed by atoms with Gasteiger partial charge in [-0.05, 0) is 61.6 Å². The number of carbonyl (C=O) groups is 2. The Labute approximate surface area is 222 Å². The van der Waals surface area contributed by atoms with Gasteiger partial charge < -0.3 is 20.1 Å². The monoisotopic (exact) mass is 526 g/mol. The van der Waals surface area contributed by atoms with Gasteiger partial charge in [0.15, 0.2) is 17.3 Å². The molecule has 0 saturated heterocycles. The highest BCUT2D eigenvalue weighted by molar-refractivity contribution is 6.06. The van der Waals surface area contributed by atoms with Crippen molar-refractivity contribution < 1.29 is 23.8 Å². The van der Waals surface area contributed by atoms with E-state index < -0.39 is 17.8 Å². The fourth-order valence-corrected chi connectivity index (χ4v) is 4.04. The molecule has 0 spiro atoms. The van der Waals surface area contributed by atoms with Crippen molar-refractivity contribution in [2.24, 2.45) is 0 Å². The van der Waals surface area contributed by atoms with Crippen LogP contribution in [0.2, 0.25) is 0 Å². The Morgan fingerprint density at radius 2 is 1.85 bits per heavy atom. The first-order chi connectivity index (χ1) is 18.8. The molecule has 2 aromatic carbocycles. The zero-order valence-corrected chi connectivity index (χ0v) is 21.0. The van der Waals surface area contributed by atoms with Crippen LogP contribution in [0.15, 0.2) is 79.3 Å². The first kappa shape index (κ1) is 25.5. The van der Waals surface area contributed by atoms with E-state index in [0.29, 0.717) is 23.1 Å². The molecule has 2 N–H and O–H groups in total. The van der Waals surface area contributed by atoms with Crippen LogP contribution in [-0.4, -0.2) is 55.9 Å². The van der Waals surface area contributed by atoms with Crippen molar-refractivity contribution in [1.29, 1.82) is 0 Å². The summed E-state index contributed by atoms with van der Waals surface area (Å²) in [6, 6.07) is 15.3. The molecule has 0 aliphatic rings. The molecule has 0 radical (unpaired) electrons. The number of carbonyl (C=O) groups excluding carboxylic acids is 1. The topological polar surface area (TPSA) is 122 Å². The van der Waals surface area contributed by atoms with E-state index in [1.807, 2.05) is 25.1 Å². The average Bonchev–Trinajstić information content (AvgIpc) is 3.30. The maximum atomic E-state index is 13.8. The van der Waals surface area contributed by atoms with Crippen LogP contribution in [-0.2, 0) is 6.54 Å². The van der Waals surface area contributed by atoms with Crippen molar-refractivity contribution in [2.75, 3.05) is 19.4 Å². The van der Waals surface area contributed by atoms with Gasteiger partial charge in [-0.15, -0.1) is 0 Å². The van der Waals surface area contributed by atoms with E-state index in [9.17, 15) is 19.1 Å². The van der Waals surface area contributed by atoms with Crippen molar-refractivity contribution in [1.82, 2.24) is 24.6 Å². The molecule has 5 rings (SSSR count). The number of pyridine rings is 2. The molecule has 0 bridgehead atoms. The predicted octanol–water partition coefficient (Wildman–Crippen LogP) is 5.26. The largest absolute Gasteiger partial charge is 0.476 e. The molecule has 0 saturated carbocycles. The van der Waals surface area contributed by atoms with E-state index in [2.05, 4.69) is 20.4 Å². The van der Waals surface area contributed by atoms with Crippen LogP contribution >= 0.6 is 0 Å². The number of nitrogens with one attached hydrogen (secondary N) is 1. The summed E-state index contributed by atoms with van der Waals surface area (Å²) < 4.78 is 20.2. The van der Waals surface area contributed by atoms with Gasteiger partial charge in [0.2, 0.25) is 5.88 Å². The molecule has 10 nitrogen and oxygen atoms in total. The lowest BCUT2D eigenvalue weighted by Gasteiger charge is -2.10. The molecule has 0 aliphatic heterocycles. The fourth-order valence-electron chi connectivity index (χ4n) is 4.04. The van der Waals surface area contributed by atoms with Crippen molar-refractivity contribution >= 4 is 28.6 Å². The summed E-state index contributed by atoms with van der Waals surface area (Å²) in [4.78, 5) is 35.4. The van der Waals surface area contributed by atoms with Crippen molar-refractivity contribution in [3.8, 4) is 22.8 Å². The second-order valence-corrected chi connectivity index (χ2v) is 8.96. The number of para-hydroxylation sites is 1. The normalized spacial score (nSPS) is 11.1. The summed E-state index contributed by atoms with van der Waals surface area (Å²) in [6.45, 7) is 0.701. The first-order valence-electron chi connectivity index (χ1n) is 11.8. The number of aromatic carboxylic acids is 1. The number of hydrogen-bond acceptors (Lipinski definition) is 7. The number of ether oxygens (including phenoxy) is 1. The van der Waals surface area contributed by atoms with Crippen LogP contribution in [0, 0.1) is 5.82 Å². The molecule has 3 heterocycles. The minimum atomic E-state index is -1.26. The van der Waals surface area contributed by atoms with Gasteiger partial charge in [0.25, 0.3) is 0 Å². The standard InChI is InChI=1S/C28H23FN6O4/c1-34(2)16-17-11-19(14-30-13-17)18-7-9-23-21(12-18)26(27(36)37)33-35(23)28(38)32-20-8-10-25(31-15-20)39-24-6-4-3-5-22(24)29/h3-15H,16H2,1-2H3,(H,32,38)(H,36,37). The second-order valence-electron chi connectivity index (χ2n) is 8.96. The molecule has 0 atom stereocenters. The van der Waals surface area contributed by atoms with Crippen LogP contribution in [0.25, 0.3) is 22.0 Å². The number of rotatable bonds is 7. The Hall–Kier alpha value is -5.16. The van der Waals surface area contributed by atoms with E-state index in [-0.39, 0.29) is 17.3 Å². The quantitative estimate of drug-likeness (QED) is 0.294. The Kier molecular flexibility index (Phi) is 6.98. The second kappa shape index (κ2) is 10.7. The molecule has 1 amide bonds. The third-order valence-electron chi connectivity index (χ3n) is 5.74. The van der Waals surface area contributed by atoms with Crippen LogP contribution in [0.4, 0.5) is 14.9 Å². The van der Waals surface area contributed by atoms with Gasteiger partial charge in [-0.1, -0.05) is 18.2 Å². The maximum absolute atomic E-state index is 13.8. The zero-order valence-electron chi connectivity index (χ0n) is 21.0. The Morgan fingerprint density at radius 1 is 1.03 bits per heavy atom. The number of fused-ring (bicyclic) bond motifs is 1. The van der Waals surface area contributed by atoms with E-state index in [0.717, 1.165) is 21.4 Å². The van der Waals surface area contributed by atoms with Crippen molar-refractivity contribution in [3.63, 3.8) is 0 Å². The lowest BCUT2D eigenvalue weighted by atomic mass is 10.0. The predicted molar refractivity (Wildman–Crippen MR) is 142 cm³/mol. The number of benzene rings is 2. The van der Waals surface area contributed by atoms with Gasteiger partial charge in [0.05, 0.1) is 17.4 Å². The van der Waals surface area contributed by atoms with Crippen molar-refractivity contribution in [2.45, 2.75) is 6.54 Å². The Balaban J connectivity index is 1.40. The molecule has 0 unspecified atom stereocenters. The van der Waals surface area contributed by atoms with Crippen LogP contribution in [0.5, 0.6) is 11.6 Å². The molecular weight excluding hydrogens is 503 g/mol. The van der Waals surface area contributed by atoms with Gasteiger partial charge >= 0.3 is 12.0 Å². The maximum Gasteiger partial charge on any atom is 0.357 e. The minimum Gasteiger partial charge on any atom is -0.476 e. The summed E-state index contributed by atoms with van der Waals surface area (Å²) in [7, 11) is 3.92. The van der Waals surface area contributed by atoms with Crippen LogP contribution < -0.4 is 10.1 Å². The summed E-state index contributed by atoms with van der Waals surface area (Å²) in [5.41, 5.74) is 2.93. The molecule has 0 fully saturated rings. The summed E-state index contributed by atoms with van der Waals surface area (Å²) in [5, 5.41) is 16.8. The smallest absolute Gasteiger partial charge is 0.357 e. The zero-order chi connectivity index (χ0) is 27.5. The highest BCUT2D eigenvalue weighted by Gasteiger charge is 2.21. The first-order valence-corrected chi connectivity index (χ1v) is 11.8. The highest BCUT2D eigenvalue weighted by atomic mass is 19.1. The molecule has 5 aromatic rings.